The van der Waals surface area contributed by atoms with Crippen molar-refractivity contribution in [3.63, 3.8) is 0 Å². The molecule has 6 heteroatoms. The lowest BCUT2D eigenvalue weighted by Crippen LogP contribution is -2.31. The maximum atomic E-state index is 9.51. The van der Waals surface area contributed by atoms with Gasteiger partial charge in [-0.2, -0.15) is 10.4 Å². The Morgan fingerprint density at radius 3 is 2.95 bits per heavy atom. The Balaban J connectivity index is 1.79. The minimum absolute atomic E-state index is 0.0106. The summed E-state index contributed by atoms with van der Waals surface area (Å²) < 4.78 is 2.00. The molecule has 22 heavy (non-hydrogen) atoms. The van der Waals surface area contributed by atoms with Crippen molar-refractivity contribution in [2.24, 2.45) is 0 Å². The lowest BCUT2D eigenvalue weighted by atomic mass is 10.0. The fourth-order valence-electron chi connectivity index (χ4n) is 3.21. The minimum atomic E-state index is -0.0106. The number of aromatic nitrogens is 3. The number of nitriles is 1. The predicted octanol–water partition coefficient (Wildman–Crippen LogP) is 1.46. The first-order chi connectivity index (χ1) is 10.7. The number of H-pyrrole nitrogens is 1. The van der Waals surface area contributed by atoms with Gasteiger partial charge in [-0.25, -0.2) is 0 Å². The number of aliphatic hydroxyl groups is 1. The average Bonchev–Trinajstić information content (AvgIpc) is 3.06. The number of nitrogens with zero attached hydrogens (tertiary/aromatic N) is 4. The van der Waals surface area contributed by atoms with Crippen molar-refractivity contribution < 1.29 is 5.11 Å². The zero-order valence-electron chi connectivity index (χ0n) is 13.1. The zero-order valence-corrected chi connectivity index (χ0v) is 13.1. The molecule has 0 fully saturated rings. The van der Waals surface area contributed by atoms with Crippen LogP contribution in [0.5, 0.6) is 0 Å². The molecule has 0 aromatic carbocycles. The highest BCUT2D eigenvalue weighted by molar-refractivity contribution is 5.36. The van der Waals surface area contributed by atoms with Crippen molar-refractivity contribution in [3.05, 3.63) is 40.0 Å². The molecule has 3 rings (SSSR count). The SMILES string of the molecule is CCn1nc(CO)c2c1CCN(Cc1cc(C#N)c(C)[nH]1)C2. The van der Waals surface area contributed by atoms with E-state index < -0.39 is 0 Å². The molecule has 1 aliphatic rings. The van der Waals surface area contributed by atoms with Gasteiger partial charge in [0.25, 0.3) is 0 Å². The molecule has 116 valence electrons. The third-order valence-corrected chi connectivity index (χ3v) is 4.33. The third-order valence-electron chi connectivity index (χ3n) is 4.33. The molecule has 0 saturated heterocycles. The molecule has 0 radical (unpaired) electrons. The highest BCUT2D eigenvalue weighted by atomic mass is 16.3. The fraction of sp³-hybridized carbons (Fsp3) is 0.500. The molecule has 2 aromatic heterocycles. The molecule has 2 N–H and O–H groups in total. The van der Waals surface area contributed by atoms with E-state index in [9.17, 15) is 5.11 Å². The van der Waals surface area contributed by atoms with Gasteiger partial charge in [-0.3, -0.25) is 9.58 Å². The summed E-state index contributed by atoms with van der Waals surface area (Å²) in [5, 5.41) is 23.0. The molecule has 0 amide bonds. The summed E-state index contributed by atoms with van der Waals surface area (Å²) in [4.78, 5) is 5.61. The van der Waals surface area contributed by atoms with Crippen LogP contribution in [0.25, 0.3) is 0 Å². The van der Waals surface area contributed by atoms with E-state index in [1.165, 1.54) is 11.3 Å². The number of aliphatic hydroxyl groups excluding tert-OH is 1. The first-order valence-electron chi connectivity index (χ1n) is 7.65. The number of hydrogen-bond acceptors (Lipinski definition) is 4. The maximum Gasteiger partial charge on any atom is 0.101 e. The first kappa shape index (κ1) is 14.8. The molecule has 6 nitrogen and oxygen atoms in total. The second-order valence-corrected chi connectivity index (χ2v) is 5.75. The summed E-state index contributed by atoms with van der Waals surface area (Å²) in [7, 11) is 0. The molecule has 3 heterocycles. The highest BCUT2D eigenvalue weighted by Crippen LogP contribution is 2.24. The van der Waals surface area contributed by atoms with Crippen molar-refractivity contribution in [1.82, 2.24) is 19.7 Å². The summed E-state index contributed by atoms with van der Waals surface area (Å²) in [6.45, 7) is 7.36. The van der Waals surface area contributed by atoms with Crippen molar-refractivity contribution >= 4 is 0 Å². The Kier molecular flexibility index (Phi) is 4.01. The van der Waals surface area contributed by atoms with Gasteiger partial charge in [0.2, 0.25) is 0 Å². The minimum Gasteiger partial charge on any atom is -0.390 e. The second-order valence-electron chi connectivity index (χ2n) is 5.75. The third kappa shape index (κ3) is 2.54. The Hall–Kier alpha value is -2.10. The number of hydrogen-bond donors (Lipinski definition) is 2. The van der Waals surface area contributed by atoms with E-state index in [1.807, 2.05) is 17.7 Å². The molecule has 1 aliphatic heterocycles. The molecule has 0 saturated carbocycles. The topological polar surface area (TPSA) is 80.9 Å². The summed E-state index contributed by atoms with van der Waals surface area (Å²) in [6.07, 6.45) is 0.945. The Morgan fingerprint density at radius 1 is 1.50 bits per heavy atom. The summed E-state index contributed by atoms with van der Waals surface area (Å²) in [5.41, 5.74) is 5.91. The van der Waals surface area contributed by atoms with Gasteiger partial charge in [0.05, 0.1) is 17.9 Å². The van der Waals surface area contributed by atoms with E-state index in [4.69, 9.17) is 5.26 Å². The molecule has 0 bridgehead atoms. The van der Waals surface area contributed by atoms with Gasteiger partial charge in [0, 0.05) is 55.2 Å². The van der Waals surface area contributed by atoms with Crippen LogP contribution in [0.3, 0.4) is 0 Å². The molecule has 0 atom stereocenters. The van der Waals surface area contributed by atoms with Crippen LogP contribution in [0.1, 0.15) is 40.8 Å². The van der Waals surface area contributed by atoms with E-state index in [-0.39, 0.29) is 6.61 Å². The van der Waals surface area contributed by atoms with E-state index in [0.29, 0.717) is 5.56 Å². The highest BCUT2D eigenvalue weighted by Gasteiger charge is 2.24. The predicted molar refractivity (Wildman–Crippen MR) is 81.9 cm³/mol. The maximum absolute atomic E-state index is 9.51. The number of fused-ring (bicyclic) bond motifs is 1. The summed E-state index contributed by atoms with van der Waals surface area (Å²) in [6, 6.07) is 4.13. The van der Waals surface area contributed by atoms with Gasteiger partial charge in [-0.05, 0) is 19.9 Å². The summed E-state index contributed by atoms with van der Waals surface area (Å²) >= 11 is 0. The van der Waals surface area contributed by atoms with Gasteiger partial charge in [-0.1, -0.05) is 0 Å². The molecule has 0 spiro atoms. The van der Waals surface area contributed by atoms with Gasteiger partial charge < -0.3 is 10.1 Å². The van der Waals surface area contributed by atoms with Crippen LogP contribution in [0, 0.1) is 18.3 Å². The van der Waals surface area contributed by atoms with Crippen molar-refractivity contribution in [2.45, 2.75) is 46.5 Å². The Labute approximate surface area is 130 Å². The van der Waals surface area contributed by atoms with Crippen LogP contribution in [0.4, 0.5) is 0 Å². The van der Waals surface area contributed by atoms with Gasteiger partial charge in [0.1, 0.15) is 6.07 Å². The van der Waals surface area contributed by atoms with Crippen LogP contribution in [-0.2, 0) is 32.7 Å². The molecular weight excluding hydrogens is 278 g/mol. The Bertz CT molecular complexity index is 722. The largest absolute Gasteiger partial charge is 0.390 e. The standard InChI is InChI=1S/C16H21N5O/c1-3-21-16-4-5-20(9-14(16)15(10-22)19-21)8-13-6-12(7-17)11(2)18-13/h6,18,22H,3-5,8-10H2,1-2H3. The second kappa shape index (κ2) is 5.95. The normalized spacial score (nSPS) is 14.8. The van der Waals surface area contributed by atoms with Gasteiger partial charge in [0.15, 0.2) is 0 Å². The van der Waals surface area contributed by atoms with Gasteiger partial charge >= 0.3 is 0 Å². The van der Waals surface area contributed by atoms with E-state index in [1.54, 1.807) is 0 Å². The van der Waals surface area contributed by atoms with E-state index in [0.717, 1.165) is 49.7 Å². The van der Waals surface area contributed by atoms with Gasteiger partial charge in [-0.15, -0.1) is 0 Å². The number of aryl methyl sites for hydroxylation is 2. The van der Waals surface area contributed by atoms with Crippen molar-refractivity contribution in [3.8, 4) is 6.07 Å². The van der Waals surface area contributed by atoms with Crippen molar-refractivity contribution in [2.75, 3.05) is 6.54 Å². The molecule has 0 unspecified atom stereocenters. The fourth-order valence-corrected chi connectivity index (χ4v) is 3.21. The van der Waals surface area contributed by atoms with Crippen molar-refractivity contribution in [1.29, 1.82) is 5.26 Å². The lowest BCUT2D eigenvalue weighted by molar-refractivity contribution is 0.234. The quantitative estimate of drug-likeness (QED) is 0.895. The molecule has 2 aromatic rings. The van der Waals surface area contributed by atoms with E-state index >= 15 is 0 Å². The average molecular weight is 299 g/mol. The van der Waals surface area contributed by atoms with Crippen LogP contribution >= 0.6 is 0 Å². The molecule has 0 aliphatic carbocycles. The van der Waals surface area contributed by atoms with Crippen LogP contribution < -0.4 is 0 Å². The van der Waals surface area contributed by atoms with Crippen LogP contribution in [-0.4, -0.2) is 31.3 Å². The monoisotopic (exact) mass is 299 g/mol. The Morgan fingerprint density at radius 2 is 2.32 bits per heavy atom. The number of nitrogens with one attached hydrogen (secondary N) is 1. The lowest BCUT2D eigenvalue weighted by Gasteiger charge is -2.27. The number of aromatic amines is 1. The van der Waals surface area contributed by atoms with E-state index in [2.05, 4.69) is 28.0 Å². The first-order valence-corrected chi connectivity index (χ1v) is 7.65. The smallest absolute Gasteiger partial charge is 0.101 e. The van der Waals surface area contributed by atoms with Crippen LogP contribution in [0.15, 0.2) is 6.07 Å². The molecular formula is C16H21N5O. The summed E-state index contributed by atoms with van der Waals surface area (Å²) in [5.74, 6) is 0. The zero-order chi connectivity index (χ0) is 15.7. The van der Waals surface area contributed by atoms with Crippen LogP contribution in [0.2, 0.25) is 0 Å². The number of rotatable bonds is 4.